The summed E-state index contributed by atoms with van der Waals surface area (Å²) in [5.74, 6) is -0.353. The van der Waals surface area contributed by atoms with Crippen molar-refractivity contribution < 1.29 is 8.78 Å². The first-order valence-electron chi connectivity index (χ1n) is 4.58. The molecule has 0 unspecified atom stereocenters. The summed E-state index contributed by atoms with van der Waals surface area (Å²) in [5, 5.41) is 0. The van der Waals surface area contributed by atoms with Gasteiger partial charge in [-0.2, -0.15) is 0 Å². The highest BCUT2D eigenvalue weighted by atomic mass is 19.2. The van der Waals surface area contributed by atoms with E-state index in [1.165, 1.54) is 0 Å². The average molecular weight is 181 g/mol. The predicted molar refractivity (Wildman–Crippen MR) is 47.2 cm³/mol. The van der Waals surface area contributed by atoms with Crippen LogP contribution in [0, 0.1) is 17.6 Å². The molecule has 0 nitrogen and oxygen atoms in total. The summed E-state index contributed by atoms with van der Waals surface area (Å²) in [6.45, 7) is 0. The second-order valence-corrected chi connectivity index (χ2v) is 3.41. The third kappa shape index (κ3) is 1.58. The number of hydrogen-bond donors (Lipinski definition) is 0. The maximum absolute atomic E-state index is 13.3. The first kappa shape index (κ1) is 8.67. The minimum Gasteiger partial charge on any atom is -0.204 e. The van der Waals surface area contributed by atoms with Gasteiger partial charge in [-0.05, 0) is 24.5 Å². The summed E-state index contributed by atoms with van der Waals surface area (Å²) in [4.78, 5) is 0. The van der Waals surface area contributed by atoms with Crippen molar-refractivity contribution in [1.29, 1.82) is 0 Å². The zero-order valence-electron chi connectivity index (χ0n) is 7.32. The molecule has 13 heavy (non-hydrogen) atoms. The van der Waals surface area contributed by atoms with E-state index in [0.717, 1.165) is 37.7 Å². The fourth-order valence-corrected chi connectivity index (χ4v) is 1.85. The fourth-order valence-electron chi connectivity index (χ4n) is 1.85. The molecule has 0 bridgehead atoms. The Labute approximate surface area is 76.6 Å². The van der Waals surface area contributed by atoms with Gasteiger partial charge in [0.05, 0.1) is 0 Å². The van der Waals surface area contributed by atoms with E-state index in [0.29, 0.717) is 5.56 Å². The summed E-state index contributed by atoms with van der Waals surface area (Å²) in [6.07, 6.45) is 4.04. The molecule has 1 aromatic rings. The van der Waals surface area contributed by atoms with Crippen LogP contribution in [0.5, 0.6) is 0 Å². The van der Waals surface area contributed by atoms with Crippen LogP contribution in [0.25, 0.3) is 0 Å². The number of hydrogen-bond acceptors (Lipinski definition) is 0. The summed E-state index contributed by atoms with van der Waals surface area (Å²) in [5.41, 5.74) is 0.484. The fraction of sp³-hybridized carbons (Fsp3) is 0.364. The Morgan fingerprint density at radius 2 is 1.69 bits per heavy atom. The lowest BCUT2D eigenvalue weighted by atomic mass is 9.97. The van der Waals surface area contributed by atoms with Crippen molar-refractivity contribution in [2.24, 2.45) is 0 Å². The predicted octanol–water partition coefficient (Wildman–Crippen LogP) is 3.46. The zero-order valence-corrected chi connectivity index (χ0v) is 7.32. The molecule has 0 amide bonds. The van der Waals surface area contributed by atoms with Crippen LogP contribution in [0.2, 0.25) is 0 Å². The Bertz CT molecular complexity index is 301. The van der Waals surface area contributed by atoms with Gasteiger partial charge in [0, 0.05) is 5.92 Å². The Balaban J connectivity index is 2.33. The van der Waals surface area contributed by atoms with Crippen LogP contribution in [-0.2, 0) is 0 Å². The van der Waals surface area contributed by atoms with E-state index in [1.807, 2.05) is 0 Å². The molecule has 2 heteroatoms. The highest BCUT2D eigenvalue weighted by Gasteiger charge is 2.21. The van der Waals surface area contributed by atoms with Crippen molar-refractivity contribution in [1.82, 2.24) is 0 Å². The van der Waals surface area contributed by atoms with Crippen LogP contribution in [0.15, 0.2) is 18.2 Å². The van der Waals surface area contributed by atoms with Gasteiger partial charge < -0.3 is 0 Å². The van der Waals surface area contributed by atoms with E-state index < -0.39 is 11.6 Å². The van der Waals surface area contributed by atoms with Gasteiger partial charge in [0.15, 0.2) is 11.6 Å². The molecular weight excluding hydrogens is 170 g/mol. The van der Waals surface area contributed by atoms with Crippen LogP contribution in [0.4, 0.5) is 8.78 Å². The van der Waals surface area contributed by atoms with Crippen LogP contribution >= 0.6 is 0 Å². The first-order chi connectivity index (χ1) is 6.29. The van der Waals surface area contributed by atoms with Crippen molar-refractivity contribution in [2.75, 3.05) is 0 Å². The molecule has 1 radical (unpaired) electrons. The minimum atomic E-state index is -0.739. The molecule has 0 spiro atoms. The van der Waals surface area contributed by atoms with Gasteiger partial charge >= 0.3 is 0 Å². The first-order valence-corrected chi connectivity index (χ1v) is 4.58. The zero-order chi connectivity index (χ0) is 9.26. The molecule has 0 aliphatic heterocycles. The molecule has 0 N–H and O–H groups in total. The molecule has 0 aromatic heterocycles. The summed E-state index contributed by atoms with van der Waals surface area (Å²) in [7, 11) is 0. The van der Waals surface area contributed by atoms with Crippen molar-refractivity contribution in [3.05, 3.63) is 41.3 Å². The van der Waals surface area contributed by atoms with Gasteiger partial charge in [0.25, 0.3) is 0 Å². The topological polar surface area (TPSA) is 0 Å². The van der Waals surface area contributed by atoms with E-state index in [-0.39, 0.29) is 0 Å². The molecule has 1 saturated carbocycles. The Morgan fingerprint density at radius 3 is 2.38 bits per heavy atom. The lowest BCUT2D eigenvalue weighted by molar-refractivity contribution is 0.500. The monoisotopic (exact) mass is 181 g/mol. The maximum Gasteiger partial charge on any atom is 0.162 e. The third-order valence-electron chi connectivity index (χ3n) is 2.54. The molecule has 0 saturated heterocycles. The third-order valence-corrected chi connectivity index (χ3v) is 2.54. The maximum atomic E-state index is 13.3. The van der Waals surface area contributed by atoms with Gasteiger partial charge in [0.2, 0.25) is 0 Å². The molecule has 0 heterocycles. The van der Waals surface area contributed by atoms with E-state index >= 15 is 0 Å². The molecule has 1 aliphatic rings. The normalized spacial score (nSPS) is 18.0. The molecule has 69 valence electrons. The van der Waals surface area contributed by atoms with E-state index in [4.69, 9.17) is 0 Å². The van der Waals surface area contributed by atoms with E-state index in [1.54, 1.807) is 12.1 Å². The number of benzene rings is 1. The second kappa shape index (κ2) is 3.44. The smallest absolute Gasteiger partial charge is 0.162 e. The Morgan fingerprint density at radius 1 is 1.00 bits per heavy atom. The summed E-state index contributed by atoms with van der Waals surface area (Å²) >= 11 is 0. The summed E-state index contributed by atoms with van der Waals surface area (Å²) < 4.78 is 26.1. The minimum absolute atomic E-state index is 0.484. The van der Waals surface area contributed by atoms with Crippen LogP contribution < -0.4 is 0 Å². The van der Waals surface area contributed by atoms with Crippen molar-refractivity contribution >= 4 is 0 Å². The lowest BCUT2D eigenvalue weighted by Crippen LogP contribution is -1.99. The quantitative estimate of drug-likeness (QED) is 0.622. The van der Waals surface area contributed by atoms with E-state index in [9.17, 15) is 8.78 Å². The van der Waals surface area contributed by atoms with Gasteiger partial charge in [-0.3, -0.25) is 0 Å². The van der Waals surface area contributed by atoms with Crippen molar-refractivity contribution in [2.45, 2.75) is 25.7 Å². The van der Waals surface area contributed by atoms with Gasteiger partial charge in [-0.15, -0.1) is 0 Å². The van der Waals surface area contributed by atoms with Crippen molar-refractivity contribution in [3.63, 3.8) is 0 Å². The molecule has 2 rings (SSSR count). The van der Waals surface area contributed by atoms with Crippen LogP contribution in [0.1, 0.15) is 31.2 Å². The average Bonchev–Trinajstić information content (AvgIpc) is 2.62. The number of rotatable bonds is 1. The van der Waals surface area contributed by atoms with Gasteiger partial charge in [-0.25, -0.2) is 8.78 Å². The number of halogens is 2. The molecule has 1 fully saturated rings. The Hall–Kier alpha value is -0.920. The van der Waals surface area contributed by atoms with Gasteiger partial charge in [-0.1, -0.05) is 25.0 Å². The highest BCUT2D eigenvalue weighted by molar-refractivity contribution is 5.33. The van der Waals surface area contributed by atoms with E-state index in [2.05, 4.69) is 0 Å². The van der Waals surface area contributed by atoms with Crippen LogP contribution in [-0.4, -0.2) is 0 Å². The van der Waals surface area contributed by atoms with Gasteiger partial charge in [0.1, 0.15) is 0 Å². The highest BCUT2D eigenvalue weighted by Crippen LogP contribution is 2.34. The second-order valence-electron chi connectivity index (χ2n) is 3.41. The van der Waals surface area contributed by atoms with Crippen molar-refractivity contribution in [3.8, 4) is 0 Å². The molecule has 0 atom stereocenters. The van der Waals surface area contributed by atoms with Crippen LogP contribution in [0.3, 0.4) is 0 Å². The largest absolute Gasteiger partial charge is 0.204 e. The molecular formula is C11H11F2. The molecule has 1 aromatic carbocycles. The lowest BCUT2D eigenvalue weighted by Gasteiger charge is -2.09. The molecule has 1 aliphatic carbocycles. The summed E-state index contributed by atoms with van der Waals surface area (Å²) in [6, 6.07) is 4.40. The SMILES string of the molecule is Fc1cccc([C]2CCCC2)c1F. The Kier molecular flexibility index (Phi) is 2.30. The standard InChI is InChI=1S/C11H11F2/c12-10-7-3-6-9(11(10)13)8-4-1-2-5-8/h3,6-7H,1-2,4-5H2.